The topological polar surface area (TPSA) is 68.0 Å². The number of hydrogen-bond donors (Lipinski definition) is 1. The Bertz CT molecular complexity index is 1050. The Hall–Kier alpha value is -2.64. The fourth-order valence-electron chi connectivity index (χ4n) is 2.72. The normalized spacial score (nSPS) is 12.2. The second-order valence-corrected chi connectivity index (χ2v) is 7.96. The Morgan fingerprint density at radius 2 is 2.07 bits per heavy atom. The van der Waals surface area contributed by atoms with Crippen molar-refractivity contribution < 1.29 is 9.21 Å². The van der Waals surface area contributed by atoms with Gasteiger partial charge in [-0.1, -0.05) is 42.1 Å². The van der Waals surface area contributed by atoms with Gasteiger partial charge in [0, 0.05) is 10.3 Å². The summed E-state index contributed by atoms with van der Waals surface area (Å²) in [7, 11) is 0. The Balaban J connectivity index is 1.47. The summed E-state index contributed by atoms with van der Waals surface area (Å²) < 4.78 is 5.32. The van der Waals surface area contributed by atoms with Crippen LogP contribution in [0, 0.1) is 0 Å². The average molecular weight is 396 g/mol. The lowest BCUT2D eigenvalue weighted by Gasteiger charge is -2.11. The maximum atomic E-state index is 12.3. The van der Waals surface area contributed by atoms with E-state index in [1.165, 1.54) is 11.8 Å². The number of thioether (sulfide) groups is 1. The van der Waals surface area contributed by atoms with E-state index in [9.17, 15) is 4.79 Å². The molecule has 1 atom stereocenters. The van der Waals surface area contributed by atoms with Crippen LogP contribution in [0.5, 0.6) is 0 Å². The highest BCUT2D eigenvalue weighted by atomic mass is 32.2. The van der Waals surface area contributed by atoms with Crippen molar-refractivity contribution >= 4 is 39.2 Å². The molecule has 0 spiro atoms. The van der Waals surface area contributed by atoms with E-state index in [0.717, 1.165) is 31.4 Å². The minimum Gasteiger partial charge on any atom is -0.467 e. The minimum absolute atomic E-state index is 0.0609. The number of aromatic nitrogens is 2. The molecule has 136 valence electrons. The molecule has 4 aromatic rings. The van der Waals surface area contributed by atoms with Crippen molar-refractivity contribution in [2.75, 3.05) is 5.75 Å². The lowest BCUT2D eigenvalue weighted by molar-refractivity contribution is -0.119. The number of carbonyl (C=O) groups excluding carboxylic acids is 1. The van der Waals surface area contributed by atoms with Crippen molar-refractivity contribution in [3.05, 3.63) is 66.9 Å². The molecule has 0 aliphatic rings. The van der Waals surface area contributed by atoms with Crippen molar-refractivity contribution in [3.8, 4) is 10.4 Å². The monoisotopic (exact) mass is 395 g/mol. The lowest BCUT2D eigenvalue weighted by Crippen LogP contribution is -2.27. The SMILES string of the molecule is CC(NC(=O)CSc1ncnc2sc(-c3ccccc3)cc12)c1ccco1. The molecular weight excluding hydrogens is 378 g/mol. The number of amides is 1. The van der Waals surface area contributed by atoms with E-state index in [-0.39, 0.29) is 17.7 Å². The molecule has 1 unspecified atom stereocenters. The quantitative estimate of drug-likeness (QED) is 0.371. The lowest BCUT2D eigenvalue weighted by atomic mass is 10.2. The number of rotatable bonds is 6. The van der Waals surface area contributed by atoms with Crippen molar-refractivity contribution in [2.45, 2.75) is 18.0 Å². The summed E-state index contributed by atoms with van der Waals surface area (Å²) in [6, 6.07) is 15.8. The third-order valence-corrected chi connectivity index (χ3v) is 6.14. The van der Waals surface area contributed by atoms with Crippen LogP contribution in [0.1, 0.15) is 18.7 Å². The molecule has 7 heteroatoms. The zero-order chi connectivity index (χ0) is 18.6. The molecule has 1 aromatic carbocycles. The van der Waals surface area contributed by atoms with Gasteiger partial charge >= 0.3 is 0 Å². The van der Waals surface area contributed by atoms with Crippen LogP contribution in [0.3, 0.4) is 0 Å². The number of carbonyl (C=O) groups is 1. The standard InChI is InChI=1S/C20H17N3O2S2/c1-13(16-8-5-9-25-16)23-18(24)11-26-19-15-10-17(14-6-3-2-4-7-14)27-20(15)22-12-21-19/h2-10,12-13H,11H2,1H3,(H,23,24). The molecule has 27 heavy (non-hydrogen) atoms. The number of nitrogens with zero attached hydrogens (tertiary/aromatic N) is 2. The van der Waals surface area contributed by atoms with E-state index in [0.29, 0.717) is 0 Å². The van der Waals surface area contributed by atoms with Gasteiger partial charge in [-0.15, -0.1) is 11.3 Å². The van der Waals surface area contributed by atoms with Gasteiger partial charge in [0.05, 0.1) is 18.1 Å². The molecule has 1 amide bonds. The maximum absolute atomic E-state index is 12.3. The highest BCUT2D eigenvalue weighted by Crippen LogP contribution is 2.36. The summed E-state index contributed by atoms with van der Waals surface area (Å²) >= 11 is 3.05. The molecule has 1 N–H and O–H groups in total. The molecule has 3 heterocycles. The highest BCUT2D eigenvalue weighted by Gasteiger charge is 2.15. The first-order valence-electron chi connectivity index (χ1n) is 8.46. The number of hydrogen-bond acceptors (Lipinski definition) is 6. The van der Waals surface area contributed by atoms with Gasteiger partial charge < -0.3 is 9.73 Å². The van der Waals surface area contributed by atoms with E-state index in [4.69, 9.17) is 4.42 Å². The van der Waals surface area contributed by atoms with Crippen LogP contribution in [0.25, 0.3) is 20.7 Å². The van der Waals surface area contributed by atoms with Gasteiger partial charge in [-0.3, -0.25) is 4.79 Å². The van der Waals surface area contributed by atoms with Gasteiger partial charge in [-0.05, 0) is 30.7 Å². The summed E-state index contributed by atoms with van der Waals surface area (Å²) in [6.07, 6.45) is 3.16. The zero-order valence-corrected chi connectivity index (χ0v) is 16.2. The second kappa shape index (κ2) is 7.94. The fourth-order valence-corrected chi connectivity index (χ4v) is 4.57. The van der Waals surface area contributed by atoms with Crippen LogP contribution in [0.15, 0.2) is 70.6 Å². The number of nitrogens with one attached hydrogen (secondary N) is 1. The van der Waals surface area contributed by atoms with Crippen LogP contribution in [-0.2, 0) is 4.79 Å². The van der Waals surface area contributed by atoms with Crippen LogP contribution >= 0.6 is 23.1 Å². The van der Waals surface area contributed by atoms with Gasteiger partial charge in [-0.2, -0.15) is 0 Å². The summed E-state index contributed by atoms with van der Waals surface area (Å²) in [5.74, 6) is 0.963. The van der Waals surface area contributed by atoms with E-state index in [1.807, 2.05) is 37.3 Å². The van der Waals surface area contributed by atoms with Crippen molar-refractivity contribution in [1.29, 1.82) is 0 Å². The molecular formula is C20H17N3O2S2. The van der Waals surface area contributed by atoms with Crippen LogP contribution in [0.2, 0.25) is 0 Å². The smallest absolute Gasteiger partial charge is 0.230 e. The fraction of sp³-hybridized carbons (Fsp3) is 0.150. The Morgan fingerprint density at radius 1 is 1.22 bits per heavy atom. The molecule has 0 radical (unpaired) electrons. The summed E-state index contributed by atoms with van der Waals surface area (Å²) in [5, 5.41) is 4.74. The number of benzene rings is 1. The van der Waals surface area contributed by atoms with Gasteiger partial charge in [-0.25, -0.2) is 9.97 Å². The van der Waals surface area contributed by atoms with E-state index in [1.54, 1.807) is 23.9 Å². The molecule has 4 rings (SSSR count). The van der Waals surface area contributed by atoms with Gasteiger partial charge in [0.1, 0.15) is 21.9 Å². The molecule has 0 aliphatic carbocycles. The van der Waals surface area contributed by atoms with E-state index < -0.39 is 0 Å². The van der Waals surface area contributed by atoms with Crippen LogP contribution in [-0.4, -0.2) is 21.6 Å². The molecule has 0 saturated heterocycles. The first-order valence-corrected chi connectivity index (χ1v) is 10.3. The van der Waals surface area contributed by atoms with Crippen molar-refractivity contribution in [3.63, 3.8) is 0 Å². The number of fused-ring (bicyclic) bond motifs is 1. The second-order valence-electron chi connectivity index (χ2n) is 5.97. The van der Waals surface area contributed by atoms with Gasteiger partial charge in [0.2, 0.25) is 5.91 Å². The third kappa shape index (κ3) is 4.04. The molecule has 0 saturated carbocycles. The van der Waals surface area contributed by atoms with Gasteiger partial charge in [0.15, 0.2) is 0 Å². The number of furan rings is 1. The number of thiophene rings is 1. The summed E-state index contributed by atoms with van der Waals surface area (Å²) in [6.45, 7) is 1.90. The van der Waals surface area contributed by atoms with Gasteiger partial charge in [0.25, 0.3) is 0 Å². The van der Waals surface area contributed by atoms with Crippen LogP contribution in [0.4, 0.5) is 0 Å². The van der Waals surface area contributed by atoms with E-state index in [2.05, 4.69) is 33.5 Å². The molecule has 0 aliphatic heterocycles. The Labute approximate surface area is 164 Å². The molecule has 5 nitrogen and oxygen atoms in total. The van der Waals surface area contributed by atoms with E-state index >= 15 is 0 Å². The summed E-state index contributed by atoms with van der Waals surface area (Å²) in [5.41, 5.74) is 1.15. The van der Waals surface area contributed by atoms with Crippen LogP contribution < -0.4 is 5.32 Å². The Morgan fingerprint density at radius 3 is 2.85 bits per heavy atom. The maximum Gasteiger partial charge on any atom is 0.230 e. The average Bonchev–Trinajstić information content (AvgIpc) is 3.37. The summed E-state index contributed by atoms with van der Waals surface area (Å²) in [4.78, 5) is 23.1. The zero-order valence-electron chi connectivity index (χ0n) is 14.6. The van der Waals surface area contributed by atoms with Crippen molar-refractivity contribution in [2.24, 2.45) is 0 Å². The molecule has 0 bridgehead atoms. The minimum atomic E-state index is -0.163. The van der Waals surface area contributed by atoms with Crippen molar-refractivity contribution in [1.82, 2.24) is 15.3 Å². The largest absolute Gasteiger partial charge is 0.467 e. The first-order chi connectivity index (χ1) is 13.2. The predicted octanol–water partition coefficient (Wildman–Crippen LogP) is 4.92. The molecule has 0 fully saturated rings. The Kier molecular flexibility index (Phi) is 5.22. The first kappa shape index (κ1) is 17.8. The molecule has 3 aromatic heterocycles. The predicted molar refractivity (Wildman–Crippen MR) is 109 cm³/mol. The highest BCUT2D eigenvalue weighted by molar-refractivity contribution is 8.00. The third-order valence-electron chi connectivity index (χ3n) is 4.04.